The molecule has 0 spiro atoms. The van der Waals surface area contributed by atoms with Crippen molar-refractivity contribution in [3.8, 4) is 0 Å². The van der Waals surface area contributed by atoms with Crippen LogP contribution in [0.25, 0.3) is 5.57 Å². The summed E-state index contributed by atoms with van der Waals surface area (Å²) in [6.45, 7) is 5.46. The summed E-state index contributed by atoms with van der Waals surface area (Å²) in [6.07, 6.45) is 1.43. The number of nitrogens with one attached hydrogen (secondary N) is 1. The third kappa shape index (κ3) is 4.41. The molecular weight excluding hydrogens is 289 g/mol. The average Bonchev–Trinajstić information content (AvgIpc) is 2.57. The van der Waals surface area contributed by atoms with Gasteiger partial charge in [0.2, 0.25) is 5.91 Å². The fraction of sp³-hybridized carbons (Fsp3) is 0.105. The first-order valence-corrected chi connectivity index (χ1v) is 8.36. The summed E-state index contributed by atoms with van der Waals surface area (Å²) in [4.78, 5) is 11.8. The Bertz CT molecular complexity index is 608. The van der Waals surface area contributed by atoms with E-state index in [1.165, 1.54) is 6.20 Å². The van der Waals surface area contributed by atoms with Gasteiger partial charge in [-0.2, -0.15) is 0 Å². The van der Waals surface area contributed by atoms with Crippen LogP contribution in [0.1, 0.15) is 18.1 Å². The van der Waals surface area contributed by atoms with Crippen LogP contribution >= 0.6 is 8.58 Å². The second kappa shape index (κ2) is 8.31. The Hall–Kier alpha value is -2.18. The van der Waals surface area contributed by atoms with Crippen molar-refractivity contribution in [3.63, 3.8) is 0 Å². The van der Waals surface area contributed by atoms with Gasteiger partial charge in [-0.3, -0.25) is 4.79 Å². The number of carbonyl (C=O) groups is 1. The SMILES string of the molecule is C=CNC(=O)C(C)PC=C(c1ccccc1)c1ccccc1. The molecular formula is C19H20NOP. The molecule has 0 radical (unpaired) electrons. The molecule has 0 aliphatic rings. The Morgan fingerprint density at radius 1 is 1.05 bits per heavy atom. The van der Waals surface area contributed by atoms with E-state index >= 15 is 0 Å². The fourth-order valence-electron chi connectivity index (χ4n) is 2.08. The van der Waals surface area contributed by atoms with E-state index in [1.807, 2.05) is 43.3 Å². The van der Waals surface area contributed by atoms with Crippen LogP contribution in [0.5, 0.6) is 0 Å². The highest BCUT2D eigenvalue weighted by atomic mass is 31.1. The summed E-state index contributed by atoms with van der Waals surface area (Å²) in [5.74, 6) is 2.17. The summed E-state index contributed by atoms with van der Waals surface area (Å²) < 4.78 is 0. The van der Waals surface area contributed by atoms with Gasteiger partial charge in [-0.25, -0.2) is 0 Å². The Morgan fingerprint density at radius 3 is 2.00 bits per heavy atom. The summed E-state index contributed by atoms with van der Waals surface area (Å²) in [5, 5.41) is 2.65. The van der Waals surface area contributed by atoms with Gasteiger partial charge in [0.25, 0.3) is 0 Å². The van der Waals surface area contributed by atoms with Crippen LogP contribution in [0.15, 0.2) is 79.3 Å². The first-order valence-electron chi connectivity index (χ1n) is 7.20. The first kappa shape index (κ1) is 16.2. The van der Waals surface area contributed by atoms with E-state index in [2.05, 4.69) is 42.0 Å². The second-order valence-electron chi connectivity index (χ2n) is 4.89. The number of rotatable bonds is 6. The Kier molecular flexibility index (Phi) is 6.12. The van der Waals surface area contributed by atoms with E-state index in [-0.39, 0.29) is 11.6 Å². The molecule has 1 amide bonds. The van der Waals surface area contributed by atoms with Crippen molar-refractivity contribution in [2.24, 2.45) is 0 Å². The molecule has 0 saturated heterocycles. The second-order valence-corrected chi connectivity index (χ2v) is 6.38. The van der Waals surface area contributed by atoms with Gasteiger partial charge in [-0.1, -0.05) is 81.6 Å². The molecule has 2 unspecified atom stereocenters. The zero-order valence-electron chi connectivity index (χ0n) is 12.6. The molecule has 0 aliphatic heterocycles. The van der Waals surface area contributed by atoms with Crippen molar-refractivity contribution in [3.05, 3.63) is 90.4 Å². The molecule has 0 fully saturated rings. The number of carbonyl (C=O) groups excluding carboxylic acids is 1. The van der Waals surface area contributed by atoms with Gasteiger partial charge < -0.3 is 5.32 Å². The molecule has 1 N–H and O–H groups in total. The molecule has 0 aliphatic carbocycles. The van der Waals surface area contributed by atoms with E-state index in [0.717, 1.165) is 16.7 Å². The normalized spacial score (nSPS) is 11.9. The molecule has 112 valence electrons. The lowest BCUT2D eigenvalue weighted by molar-refractivity contribution is -0.119. The van der Waals surface area contributed by atoms with E-state index in [1.54, 1.807) is 0 Å². The van der Waals surface area contributed by atoms with Gasteiger partial charge in [0.15, 0.2) is 0 Å². The van der Waals surface area contributed by atoms with Crippen molar-refractivity contribution in [2.45, 2.75) is 12.6 Å². The lowest BCUT2D eigenvalue weighted by Gasteiger charge is -2.11. The third-order valence-electron chi connectivity index (χ3n) is 3.28. The minimum Gasteiger partial charge on any atom is -0.333 e. The van der Waals surface area contributed by atoms with Crippen LogP contribution < -0.4 is 5.32 Å². The predicted molar refractivity (Wildman–Crippen MR) is 96.1 cm³/mol. The molecule has 22 heavy (non-hydrogen) atoms. The van der Waals surface area contributed by atoms with E-state index in [9.17, 15) is 4.79 Å². The van der Waals surface area contributed by atoms with Gasteiger partial charge in [-0.15, -0.1) is 0 Å². The lowest BCUT2D eigenvalue weighted by atomic mass is 10.00. The smallest absolute Gasteiger partial charge is 0.231 e. The number of hydrogen-bond donors (Lipinski definition) is 1. The number of benzene rings is 2. The standard InChI is InChI=1S/C19H20NOP/c1-3-20-19(21)15(2)22-14-18(16-10-6-4-7-11-16)17-12-8-5-9-13-17/h3-15,22H,1H2,2H3,(H,20,21). The maximum absolute atomic E-state index is 11.8. The highest BCUT2D eigenvalue weighted by Crippen LogP contribution is 2.31. The van der Waals surface area contributed by atoms with Crippen molar-refractivity contribution >= 4 is 20.1 Å². The summed E-state index contributed by atoms with van der Waals surface area (Å²) in [7, 11) is 0.406. The van der Waals surface area contributed by atoms with E-state index < -0.39 is 0 Å². The van der Waals surface area contributed by atoms with Crippen LogP contribution in [-0.4, -0.2) is 11.6 Å². The number of hydrogen-bond acceptors (Lipinski definition) is 1. The maximum atomic E-state index is 11.8. The van der Waals surface area contributed by atoms with Crippen molar-refractivity contribution < 1.29 is 4.79 Å². The highest BCUT2D eigenvalue weighted by Gasteiger charge is 2.11. The first-order chi connectivity index (χ1) is 10.7. The lowest BCUT2D eigenvalue weighted by Crippen LogP contribution is -2.25. The monoisotopic (exact) mass is 309 g/mol. The van der Waals surface area contributed by atoms with Crippen LogP contribution in [0, 0.1) is 0 Å². The Balaban J connectivity index is 2.27. The molecule has 2 aromatic carbocycles. The van der Waals surface area contributed by atoms with Gasteiger partial charge in [0, 0.05) is 0 Å². The molecule has 2 atom stereocenters. The largest absolute Gasteiger partial charge is 0.333 e. The molecule has 0 bridgehead atoms. The molecule has 0 saturated carbocycles. The topological polar surface area (TPSA) is 29.1 Å². The third-order valence-corrected chi connectivity index (χ3v) is 4.50. The zero-order chi connectivity index (χ0) is 15.8. The van der Waals surface area contributed by atoms with E-state index in [4.69, 9.17) is 0 Å². The predicted octanol–water partition coefficient (Wildman–Crippen LogP) is 4.40. The van der Waals surface area contributed by atoms with Crippen molar-refractivity contribution in [1.82, 2.24) is 5.32 Å². The van der Waals surface area contributed by atoms with Crippen molar-refractivity contribution in [1.29, 1.82) is 0 Å². The van der Waals surface area contributed by atoms with E-state index in [0.29, 0.717) is 8.58 Å². The molecule has 2 aromatic rings. The van der Waals surface area contributed by atoms with Crippen LogP contribution in [-0.2, 0) is 4.79 Å². The minimum absolute atomic E-state index is 0.00468. The number of amides is 1. The van der Waals surface area contributed by atoms with Gasteiger partial charge in [-0.05, 0) is 29.8 Å². The molecule has 3 heteroatoms. The van der Waals surface area contributed by atoms with Crippen LogP contribution in [0.3, 0.4) is 0 Å². The van der Waals surface area contributed by atoms with Crippen LogP contribution in [0.2, 0.25) is 0 Å². The molecule has 0 aromatic heterocycles. The van der Waals surface area contributed by atoms with Crippen LogP contribution in [0.4, 0.5) is 0 Å². The zero-order valence-corrected chi connectivity index (χ0v) is 13.6. The molecule has 2 nitrogen and oxygen atoms in total. The van der Waals surface area contributed by atoms with Gasteiger partial charge in [0.05, 0.1) is 5.66 Å². The highest BCUT2D eigenvalue weighted by molar-refractivity contribution is 7.44. The maximum Gasteiger partial charge on any atom is 0.231 e. The quantitative estimate of drug-likeness (QED) is 0.787. The molecule has 0 heterocycles. The Morgan fingerprint density at radius 2 is 1.55 bits per heavy atom. The molecule has 2 rings (SSSR count). The van der Waals surface area contributed by atoms with Gasteiger partial charge in [0.1, 0.15) is 0 Å². The summed E-state index contributed by atoms with van der Waals surface area (Å²) in [5.41, 5.74) is 3.42. The van der Waals surface area contributed by atoms with Gasteiger partial charge >= 0.3 is 0 Å². The summed E-state index contributed by atoms with van der Waals surface area (Å²) >= 11 is 0. The Labute approximate surface area is 133 Å². The van der Waals surface area contributed by atoms with Crippen molar-refractivity contribution in [2.75, 3.05) is 0 Å². The fourth-order valence-corrected chi connectivity index (χ4v) is 3.06. The summed E-state index contributed by atoms with van der Waals surface area (Å²) in [6, 6.07) is 20.5. The minimum atomic E-state index is -0.0691. The average molecular weight is 309 g/mol.